The van der Waals surface area contributed by atoms with E-state index in [1.54, 1.807) is 55.5 Å². The summed E-state index contributed by atoms with van der Waals surface area (Å²) in [6.07, 6.45) is 2.56. The van der Waals surface area contributed by atoms with Crippen LogP contribution in [0.4, 0.5) is 34.1 Å². The molecule has 9 aromatic carbocycles. The summed E-state index contributed by atoms with van der Waals surface area (Å²) in [4.78, 5) is -0.590. The molecule has 0 spiro atoms. The monoisotopic (exact) mass is 1190 g/mol. The van der Waals surface area contributed by atoms with Crippen molar-refractivity contribution in [3.8, 4) is 11.1 Å². The molecule has 0 saturated carbocycles. The molecule has 0 aliphatic carbocycles. The van der Waals surface area contributed by atoms with Crippen LogP contribution in [-0.4, -0.2) is 53.6 Å². The highest BCUT2D eigenvalue weighted by Gasteiger charge is 2.28. The molecule has 18 heteroatoms. The fourth-order valence-corrected chi connectivity index (χ4v) is 13.0. The molecule has 9 rings (SSSR count). The fourth-order valence-electron chi connectivity index (χ4n) is 10.5. The zero-order valence-electron chi connectivity index (χ0n) is 45.9. The summed E-state index contributed by atoms with van der Waals surface area (Å²) in [7, 11) is -17.1. The Kier molecular flexibility index (Phi) is 17.9. The van der Waals surface area contributed by atoms with Crippen LogP contribution in [0, 0.1) is 13.8 Å². The van der Waals surface area contributed by atoms with Crippen LogP contribution in [0.1, 0.15) is 88.8 Å². The number of benzene rings is 9. The molecule has 0 aromatic heterocycles. The normalized spacial score (nSPS) is 13.6. The molecular weight excluding hydrogens is 1130 g/mol. The average molecular weight is 1190 g/mol. The summed E-state index contributed by atoms with van der Waals surface area (Å²) in [6, 6.07) is 63.3. The maximum Gasteiger partial charge on any atom is 0.294 e. The van der Waals surface area contributed by atoms with E-state index in [9.17, 15) is 47.3 Å². The van der Waals surface area contributed by atoms with Crippen molar-refractivity contribution < 1.29 is 47.3 Å². The molecule has 0 amide bonds. The van der Waals surface area contributed by atoms with E-state index in [0.29, 0.717) is 36.0 Å². The molecule has 428 valence electrons. The molecule has 4 atom stereocenters. The van der Waals surface area contributed by atoms with Crippen LogP contribution in [0.25, 0.3) is 11.1 Å². The van der Waals surface area contributed by atoms with Crippen molar-refractivity contribution in [2.24, 2.45) is 0 Å². The molecule has 0 aliphatic heterocycles. The third-order valence-electron chi connectivity index (χ3n) is 15.0. The molecule has 0 heterocycles. The molecule has 9 aromatic rings. The second kappa shape index (κ2) is 24.9. The summed E-state index contributed by atoms with van der Waals surface area (Å²) in [6.45, 7) is 5.82. The van der Waals surface area contributed by atoms with Crippen molar-refractivity contribution in [1.29, 1.82) is 0 Å². The number of aryl methyl sites for hydroxylation is 2. The van der Waals surface area contributed by atoms with E-state index in [-0.39, 0.29) is 37.3 Å². The lowest BCUT2D eigenvalue weighted by Gasteiger charge is -2.30. The van der Waals surface area contributed by atoms with Crippen molar-refractivity contribution in [2.75, 3.05) is 22.2 Å². The minimum atomic E-state index is -4.56. The Morgan fingerprint density at radius 2 is 0.735 bits per heavy atom. The van der Waals surface area contributed by atoms with Gasteiger partial charge in [0.25, 0.3) is 30.4 Å². The van der Waals surface area contributed by atoms with Gasteiger partial charge < -0.3 is 16.0 Å². The van der Waals surface area contributed by atoms with Crippen molar-refractivity contribution in [3.05, 3.63) is 251 Å². The van der Waals surface area contributed by atoms with Crippen molar-refractivity contribution >= 4 is 74.3 Å². The maximum absolute atomic E-state index is 12.7. The van der Waals surface area contributed by atoms with Gasteiger partial charge in [-0.15, -0.1) is 0 Å². The Bertz CT molecular complexity index is 4210. The highest BCUT2D eigenvalue weighted by atomic mass is 32.2. The van der Waals surface area contributed by atoms with Gasteiger partial charge in [-0.2, -0.15) is 25.3 Å². The topological polar surface area (TPSA) is 233 Å². The van der Waals surface area contributed by atoms with Gasteiger partial charge in [-0.3, -0.25) is 13.7 Å². The Balaban J connectivity index is 1.05. The van der Waals surface area contributed by atoms with Gasteiger partial charge in [-0.25, -0.2) is 8.42 Å². The van der Waals surface area contributed by atoms with E-state index in [1.165, 1.54) is 48.2 Å². The zero-order valence-corrected chi connectivity index (χ0v) is 49.1. The Morgan fingerprint density at radius 1 is 0.373 bits per heavy atom. The van der Waals surface area contributed by atoms with Crippen molar-refractivity contribution in [1.82, 2.24) is 0 Å². The lowest BCUT2D eigenvalue weighted by Crippen LogP contribution is -2.14. The molecule has 0 bridgehead atoms. The minimum Gasteiger partial charge on any atom is -0.356 e. The SMILES string of the molecule is Cc1ccc(Nc2ccc(Nc3cccc(Nc4ccc(C(CC(C)c5ccc(S(=O)(=O)O)cc5)CC(CC(c5ccc(-c6ccc(C)c(S(C)(=O)=O)c6)cc5)c5ccc(S(=O)(=O)O)cc5)c5ccc(S(=O)(=O)O)cc5)cc4)c3)cc2)cc1. The van der Waals surface area contributed by atoms with Crippen LogP contribution in [0.5, 0.6) is 0 Å². The smallest absolute Gasteiger partial charge is 0.294 e. The fraction of sp³-hybridized carbons (Fsp3) is 0.169. The first-order chi connectivity index (χ1) is 39.3. The number of sulfone groups is 1. The zero-order chi connectivity index (χ0) is 59.3. The molecule has 6 N–H and O–H groups in total. The summed E-state index contributed by atoms with van der Waals surface area (Å²) < 4.78 is 129. The predicted molar refractivity (Wildman–Crippen MR) is 328 cm³/mol. The lowest BCUT2D eigenvalue weighted by molar-refractivity contribution is 0.446. The summed E-state index contributed by atoms with van der Waals surface area (Å²) in [5.41, 5.74) is 12.7. The molecule has 0 aliphatic rings. The van der Waals surface area contributed by atoms with Gasteiger partial charge in [0.1, 0.15) is 0 Å². The number of nitrogens with one attached hydrogen (secondary N) is 3. The van der Waals surface area contributed by atoms with Crippen LogP contribution in [0.2, 0.25) is 0 Å². The predicted octanol–water partition coefficient (Wildman–Crippen LogP) is 15.0. The van der Waals surface area contributed by atoms with E-state index in [2.05, 4.69) is 47.1 Å². The van der Waals surface area contributed by atoms with Crippen LogP contribution >= 0.6 is 0 Å². The second-order valence-corrected chi connectivity index (χ2v) is 27.3. The number of hydrogen-bond acceptors (Lipinski definition) is 11. The Hall–Kier alpha value is -7.94. The van der Waals surface area contributed by atoms with Gasteiger partial charge in [-0.05, 0) is 205 Å². The van der Waals surface area contributed by atoms with Crippen LogP contribution in [-0.2, 0) is 40.2 Å². The van der Waals surface area contributed by atoms with Crippen LogP contribution in [0.15, 0.2) is 232 Å². The standard InChI is InChI=1S/C65H63N3O11S4/c1-43-8-24-55(25-9-43)66-57-28-30-58(31-29-57)68-60-7-5-6-59(42-60)67-56-26-16-48(17-27-56)53(38-45(3)46-18-32-61(33-19-46)81(71,72)73)39-54(49-20-34-62(35-21-49)82(74,75)76)40-64(51-22-36-63(37-23-51)83(77,78)79)50-14-12-47(13-15-50)52-11-10-44(2)65(41-52)80(4,69)70/h5-37,41-42,45,53-54,64,66-68H,38-40H2,1-4H3,(H,71,72,73)(H,74,75,76)(H,77,78,79). The molecule has 0 saturated heterocycles. The first-order valence-corrected chi connectivity index (χ1v) is 32.8. The van der Waals surface area contributed by atoms with Crippen LogP contribution in [0.3, 0.4) is 0 Å². The van der Waals surface area contributed by atoms with Gasteiger partial charge in [0.15, 0.2) is 9.84 Å². The van der Waals surface area contributed by atoms with Crippen molar-refractivity contribution in [3.63, 3.8) is 0 Å². The second-order valence-electron chi connectivity index (χ2n) is 21.1. The van der Waals surface area contributed by atoms with E-state index in [4.69, 9.17) is 0 Å². The molecular formula is C65H63N3O11S4. The third-order valence-corrected chi connectivity index (χ3v) is 18.8. The van der Waals surface area contributed by atoms with E-state index < -0.39 is 46.1 Å². The van der Waals surface area contributed by atoms with Gasteiger partial charge in [-0.1, -0.05) is 116 Å². The van der Waals surface area contributed by atoms with Crippen molar-refractivity contribution in [2.45, 2.75) is 83.3 Å². The Labute approximate surface area is 486 Å². The molecule has 83 heavy (non-hydrogen) atoms. The quantitative estimate of drug-likeness (QED) is 0.0347. The maximum atomic E-state index is 12.7. The molecule has 0 fully saturated rings. The van der Waals surface area contributed by atoms with Crippen LogP contribution < -0.4 is 16.0 Å². The van der Waals surface area contributed by atoms with Gasteiger partial charge in [0, 0.05) is 46.3 Å². The number of anilines is 6. The summed E-state index contributed by atoms with van der Waals surface area (Å²) in [5.74, 6) is -1.18. The minimum absolute atomic E-state index is 0.159. The first-order valence-electron chi connectivity index (χ1n) is 26.6. The average Bonchev–Trinajstić information content (AvgIpc) is 3.65. The molecule has 14 nitrogen and oxygen atoms in total. The van der Waals surface area contributed by atoms with Gasteiger partial charge in [0.2, 0.25) is 0 Å². The highest BCUT2D eigenvalue weighted by Crippen LogP contribution is 2.44. The van der Waals surface area contributed by atoms with E-state index in [0.717, 1.165) is 61.9 Å². The molecule has 0 radical (unpaired) electrons. The molecule has 4 unspecified atom stereocenters. The highest BCUT2D eigenvalue weighted by molar-refractivity contribution is 7.90. The number of rotatable bonds is 22. The van der Waals surface area contributed by atoms with Gasteiger partial charge in [0.05, 0.1) is 19.6 Å². The largest absolute Gasteiger partial charge is 0.356 e. The lowest BCUT2D eigenvalue weighted by atomic mass is 9.74. The van der Waals surface area contributed by atoms with E-state index in [1.807, 2.05) is 110 Å². The first kappa shape index (κ1) is 59.7. The van der Waals surface area contributed by atoms with Gasteiger partial charge >= 0.3 is 0 Å². The Morgan fingerprint density at radius 3 is 1.18 bits per heavy atom. The summed E-state index contributed by atoms with van der Waals surface area (Å²) in [5, 5.41) is 10.5. The van der Waals surface area contributed by atoms with E-state index >= 15 is 0 Å². The summed E-state index contributed by atoms with van der Waals surface area (Å²) >= 11 is 0. The number of hydrogen-bond donors (Lipinski definition) is 6. The third kappa shape index (κ3) is 15.6.